The van der Waals surface area contributed by atoms with E-state index in [4.69, 9.17) is 16.3 Å². The maximum Gasteiger partial charge on any atom is 0.129 e. The Balaban J connectivity index is 2.16. The number of aliphatic imine (C=N–C) groups is 1. The van der Waals surface area contributed by atoms with Gasteiger partial charge in [0.15, 0.2) is 0 Å². The Bertz CT molecular complexity index is 411. The fourth-order valence-corrected chi connectivity index (χ4v) is 2.17. The molecule has 0 aromatic carbocycles. The molecule has 3 nitrogen and oxygen atoms in total. The van der Waals surface area contributed by atoms with Crippen LogP contribution < -0.4 is 0 Å². The second kappa shape index (κ2) is 2.78. The molecule has 1 unspecified atom stereocenters. The summed E-state index contributed by atoms with van der Waals surface area (Å²) in [4.78, 5) is 8.70. The topological polar surface area (TPSA) is 34.5 Å². The molecule has 1 aromatic heterocycles. The summed E-state index contributed by atoms with van der Waals surface area (Å²) >= 11 is 5.88. The number of hydrogen-bond donors (Lipinski definition) is 0. The van der Waals surface area contributed by atoms with Crippen LogP contribution in [0.3, 0.4) is 0 Å². The van der Waals surface area contributed by atoms with Gasteiger partial charge in [0.2, 0.25) is 0 Å². The Morgan fingerprint density at radius 2 is 2.36 bits per heavy atom. The van der Waals surface area contributed by atoms with Crippen LogP contribution in [0.15, 0.2) is 17.1 Å². The predicted octanol–water partition coefficient (Wildman–Crippen LogP) is 2.11. The van der Waals surface area contributed by atoms with Crippen LogP contribution in [0.5, 0.6) is 0 Å². The van der Waals surface area contributed by atoms with Crippen molar-refractivity contribution in [3.8, 4) is 0 Å². The van der Waals surface area contributed by atoms with E-state index in [9.17, 15) is 0 Å². The zero-order valence-electron chi connectivity index (χ0n) is 7.53. The van der Waals surface area contributed by atoms with Crippen molar-refractivity contribution in [2.75, 3.05) is 13.2 Å². The van der Waals surface area contributed by atoms with Gasteiger partial charge in [-0.15, -0.1) is 0 Å². The summed E-state index contributed by atoms with van der Waals surface area (Å²) < 4.78 is 5.40. The van der Waals surface area contributed by atoms with Crippen LogP contribution in [0.1, 0.15) is 12.1 Å². The molecule has 2 aliphatic rings. The van der Waals surface area contributed by atoms with E-state index in [0.29, 0.717) is 11.8 Å². The molecule has 0 radical (unpaired) electrons. The van der Waals surface area contributed by atoms with E-state index in [-0.39, 0.29) is 5.41 Å². The van der Waals surface area contributed by atoms with Crippen LogP contribution in [0.4, 0.5) is 5.69 Å². The molecule has 72 valence electrons. The number of halogens is 1. The average Bonchev–Trinajstić information content (AvgIpc) is 2.77. The highest BCUT2D eigenvalue weighted by Crippen LogP contribution is 2.41. The minimum atomic E-state index is -0.0970. The Morgan fingerprint density at radius 3 is 3.14 bits per heavy atom. The first-order valence-corrected chi connectivity index (χ1v) is 4.98. The molecule has 2 aliphatic heterocycles. The zero-order valence-corrected chi connectivity index (χ0v) is 8.29. The molecule has 0 bridgehead atoms. The van der Waals surface area contributed by atoms with Crippen molar-refractivity contribution < 1.29 is 4.74 Å². The molecule has 0 amide bonds. The van der Waals surface area contributed by atoms with Gasteiger partial charge in [0.25, 0.3) is 0 Å². The van der Waals surface area contributed by atoms with Gasteiger partial charge in [0.05, 0.1) is 23.4 Å². The van der Waals surface area contributed by atoms with Gasteiger partial charge in [-0.3, -0.25) is 4.99 Å². The summed E-state index contributed by atoms with van der Waals surface area (Å²) in [5.74, 6) is 0. The fraction of sp³-hybridized carbons (Fsp3) is 0.400. The molecule has 0 aliphatic carbocycles. The van der Waals surface area contributed by atoms with Crippen molar-refractivity contribution in [3.63, 3.8) is 0 Å². The van der Waals surface area contributed by atoms with Crippen molar-refractivity contribution in [3.05, 3.63) is 23.0 Å². The molecule has 1 fully saturated rings. The molecule has 1 aromatic rings. The molecule has 0 saturated carbocycles. The van der Waals surface area contributed by atoms with E-state index in [2.05, 4.69) is 9.98 Å². The minimum absolute atomic E-state index is 0.0970. The van der Waals surface area contributed by atoms with E-state index >= 15 is 0 Å². The standard InChI is InChI=1S/C10H9ClN2O/c11-8-2-1-7-9(13-8)10(5-12-7)3-4-14-6-10/h1-2,5H,3-4,6H2. The molecule has 14 heavy (non-hydrogen) atoms. The highest BCUT2D eigenvalue weighted by Gasteiger charge is 2.41. The van der Waals surface area contributed by atoms with Crippen LogP contribution in [-0.2, 0) is 10.2 Å². The number of fused-ring (bicyclic) bond motifs is 2. The van der Waals surface area contributed by atoms with Gasteiger partial charge in [-0.05, 0) is 18.6 Å². The minimum Gasteiger partial charge on any atom is -0.380 e. The SMILES string of the molecule is Clc1ccc2c(n1)C1(C=N2)CCOC1. The Morgan fingerprint density at radius 1 is 1.43 bits per heavy atom. The van der Waals surface area contributed by atoms with Crippen LogP contribution in [0, 0.1) is 0 Å². The van der Waals surface area contributed by atoms with Crippen molar-refractivity contribution in [2.45, 2.75) is 11.8 Å². The van der Waals surface area contributed by atoms with E-state index in [1.165, 1.54) is 0 Å². The lowest BCUT2D eigenvalue weighted by atomic mass is 9.86. The number of rotatable bonds is 0. The molecule has 3 heterocycles. The Labute approximate surface area is 86.8 Å². The second-order valence-electron chi connectivity index (χ2n) is 3.72. The van der Waals surface area contributed by atoms with E-state index in [1.54, 1.807) is 6.07 Å². The van der Waals surface area contributed by atoms with Gasteiger partial charge in [0.1, 0.15) is 5.15 Å². The van der Waals surface area contributed by atoms with Gasteiger partial charge < -0.3 is 4.74 Å². The fourth-order valence-electron chi connectivity index (χ4n) is 2.02. The van der Waals surface area contributed by atoms with Crippen LogP contribution in [0.2, 0.25) is 5.15 Å². The van der Waals surface area contributed by atoms with Crippen molar-refractivity contribution >= 4 is 23.5 Å². The lowest BCUT2D eigenvalue weighted by molar-refractivity contribution is 0.188. The first-order valence-electron chi connectivity index (χ1n) is 4.60. The Hall–Kier alpha value is -0.930. The monoisotopic (exact) mass is 208 g/mol. The molecule has 1 spiro atoms. The van der Waals surface area contributed by atoms with Crippen LogP contribution in [-0.4, -0.2) is 24.4 Å². The number of aromatic nitrogens is 1. The number of hydrogen-bond acceptors (Lipinski definition) is 3. The van der Waals surface area contributed by atoms with Crippen molar-refractivity contribution in [1.82, 2.24) is 4.98 Å². The summed E-state index contributed by atoms with van der Waals surface area (Å²) in [5.41, 5.74) is 1.81. The lowest BCUT2D eigenvalue weighted by Crippen LogP contribution is -2.26. The molecule has 4 heteroatoms. The average molecular weight is 209 g/mol. The van der Waals surface area contributed by atoms with Gasteiger partial charge in [-0.2, -0.15) is 0 Å². The number of ether oxygens (including phenoxy) is 1. The maximum absolute atomic E-state index is 5.88. The third-order valence-corrected chi connectivity index (χ3v) is 3.02. The maximum atomic E-state index is 5.88. The summed E-state index contributed by atoms with van der Waals surface area (Å²) in [6.45, 7) is 1.45. The molecule has 1 atom stereocenters. The third-order valence-electron chi connectivity index (χ3n) is 2.81. The van der Waals surface area contributed by atoms with E-state index in [1.807, 2.05) is 12.3 Å². The summed E-state index contributed by atoms with van der Waals surface area (Å²) in [6, 6.07) is 3.68. The second-order valence-corrected chi connectivity index (χ2v) is 4.11. The molecular formula is C10H9ClN2O. The summed E-state index contributed by atoms with van der Waals surface area (Å²) in [6.07, 6.45) is 2.91. The van der Waals surface area contributed by atoms with Gasteiger partial charge in [-0.25, -0.2) is 4.98 Å². The molecule has 3 rings (SSSR count). The largest absolute Gasteiger partial charge is 0.380 e. The van der Waals surface area contributed by atoms with Gasteiger partial charge in [-0.1, -0.05) is 11.6 Å². The normalized spacial score (nSPS) is 28.6. The highest BCUT2D eigenvalue weighted by atomic mass is 35.5. The van der Waals surface area contributed by atoms with Crippen LogP contribution in [0.25, 0.3) is 0 Å². The lowest BCUT2D eigenvalue weighted by Gasteiger charge is -2.17. The molecule has 1 saturated heterocycles. The smallest absolute Gasteiger partial charge is 0.129 e. The van der Waals surface area contributed by atoms with E-state index in [0.717, 1.165) is 24.4 Å². The van der Waals surface area contributed by atoms with Gasteiger partial charge in [0, 0.05) is 12.8 Å². The predicted molar refractivity (Wildman–Crippen MR) is 54.5 cm³/mol. The third kappa shape index (κ3) is 1.03. The first-order chi connectivity index (χ1) is 6.80. The van der Waals surface area contributed by atoms with Crippen molar-refractivity contribution in [2.24, 2.45) is 4.99 Å². The van der Waals surface area contributed by atoms with Crippen LogP contribution >= 0.6 is 11.6 Å². The first kappa shape index (κ1) is 8.38. The highest BCUT2D eigenvalue weighted by molar-refractivity contribution is 6.29. The molecule has 0 N–H and O–H groups in total. The summed E-state index contributed by atoms with van der Waals surface area (Å²) in [7, 11) is 0. The van der Waals surface area contributed by atoms with Crippen molar-refractivity contribution in [1.29, 1.82) is 0 Å². The number of nitrogens with zero attached hydrogens (tertiary/aromatic N) is 2. The molecular weight excluding hydrogens is 200 g/mol. The Kier molecular flexibility index (Phi) is 1.66. The van der Waals surface area contributed by atoms with Gasteiger partial charge >= 0.3 is 0 Å². The number of pyridine rings is 1. The quantitative estimate of drug-likeness (QED) is 0.612. The summed E-state index contributed by atoms with van der Waals surface area (Å²) in [5, 5.41) is 0.528. The van der Waals surface area contributed by atoms with E-state index < -0.39 is 0 Å². The zero-order chi connectivity index (χ0) is 9.60.